The molecule has 0 fully saturated rings. The average Bonchev–Trinajstić information content (AvgIpc) is 2.82. The zero-order chi connectivity index (χ0) is 23.8. The van der Waals surface area contributed by atoms with E-state index in [0.717, 1.165) is 33.4 Å². The number of aryl methyl sites for hydroxylation is 1. The molecule has 5 nitrogen and oxygen atoms in total. The number of carboxylic acid groups (broad SMARTS) is 1. The van der Waals surface area contributed by atoms with Crippen LogP contribution in [0.4, 0.5) is 0 Å². The van der Waals surface area contributed by atoms with Crippen molar-refractivity contribution in [3.8, 4) is 11.1 Å². The van der Waals surface area contributed by atoms with Gasteiger partial charge in [0.1, 0.15) is 0 Å². The van der Waals surface area contributed by atoms with Gasteiger partial charge in [-0.05, 0) is 83.9 Å². The summed E-state index contributed by atoms with van der Waals surface area (Å²) in [6, 6.07) is 16.3. The number of thioether (sulfide) groups is 1. The minimum atomic E-state index is -1.28. The number of carbonyl (C=O) groups is 2. The predicted molar refractivity (Wildman–Crippen MR) is 134 cm³/mol. The first-order valence-electron chi connectivity index (χ1n) is 10.7. The fourth-order valence-corrected chi connectivity index (χ4v) is 4.07. The van der Waals surface area contributed by atoms with E-state index in [2.05, 4.69) is 10.3 Å². The summed E-state index contributed by atoms with van der Waals surface area (Å²) in [6.07, 6.45) is 7.79. The molecule has 0 spiro atoms. The number of nitrogens with one attached hydrogen (secondary N) is 1. The van der Waals surface area contributed by atoms with Crippen molar-refractivity contribution < 1.29 is 33.6 Å². The van der Waals surface area contributed by atoms with Crippen molar-refractivity contribution in [2.75, 3.05) is 12.0 Å². The van der Waals surface area contributed by atoms with Crippen LogP contribution in [0.15, 0.2) is 67.0 Å². The van der Waals surface area contributed by atoms with E-state index in [-0.39, 0.29) is 18.9 Å². The van der Waals surface area contributed by atoms with Gasteiger partial charge in [0, 0.05) is 18.0 Å². The summed E-state index contributed by atoms with van der Waals surface area (Å²) >= 11 is 1.52. The molecule has 1 atom stereocenters. The SMILES string of the molecule is CSCC[C@H](NC(=O)c1ccc(/C=C(\C)c2cccnc2)cc1-c1ccccc1C)C(=O)[O-].[Li+]. The van der Waals surface area contributed by atoms with Crippen molar-refractivity contribution in [1.82, 2.24) is 10.3 Å². The molecule has 1 aromatic heterocycles. The zero-order valence-corrected chi connectivity index (χ0v) is 20.8. The third-order valence-corrected chi connectivity index (χ3v) is 6.07. The molecule has 2 aromatic carbocycles. The molecule has 0 aliphatic rings. The number of carboxylic acids is 1. The Morgan fingerprint density at radius 2 is 1.88 bits per heavy atom. The quantitative estimate of drug-likeness (QED) is 0.480. The van der Waals surface area contributed by atoms with E-state index in [9.17, 15) is 14.7 Å². The molecular weight excluding hydrogens is 439 g/mol. The number of carbonyl (C=O) groups excluding carboxylic acids is 2. The number of allylic oxidation sites excluding steroid dienone is 1. The van der Waals surface area contributed by atoms with E-state index in [1.807, 2.05) is 80.9 Å². The smallest absolute Gasteiger partial charge is 0.548 e. The van der Waals surface area contributed by atoms with E-state index in [0.29, 0.717) is 17.7 Å². The Bertz CT molecular complexity index is 1170. The van der Waals surface area contributed by atoms with Gasteiger partial charge in [0.15, 0.2) is 0 Å². The first-order valence-corrected chi connectivity index (χ1v) is 12.1. The molecule has 7 heteroatoms. The minimum Gasteiger partial charge on any atom is -0.548 e. The monoisotopic (exact) mass is 466 g/mol. The van der Waals surface area contributed by atoms with E-state index >= 15 is 0 Å². The summed E-state index contributed by atoms with van der Waals surface area (Å²) in [6.45, 7) is 4.00. The van der Waals surface area contributed by atoms with Crippen LogP contribution in [0.2, 0.25) is 0 Å². The first kappa shape index (κ1) is 27.5. The molecule has 3 aromatic rings. The summed E-state index contributed by atoms with van der Waals surface area (Å²) in [5.41, 5.74) is 6.12. The molecule has 0 radical (unpaired) electrons. The number of benzene rings is 2. The topological polar surface area (TPSA) is 82.1 Å². The van der Waals surface area contributed by atoms with Crippen LogP contribution in [0.5, 0.6) is 0 Å². The van der Waals surface area contributed by atoms with Gasteiger partial charge in [-0.3, -0.25) is 9.78 Å². The van der Waals surface area contributed by atoms with Gasteiger partial charge in [-0.25, -0.2) is 0 Å². The summed E-state index contributed by atoms with van der Waals surface area (Å²) in [7, 11) is 0. The van der Waals surface area contributed by atoms with Gasteiger partial charge in [-0.1, -0.05) is 42.5 Å². The number of aliphatic carboxylic acids is 1. The normalized spacial score (nSPS) is 11.9. The van der Waals surface area contributed by atoms with E-state index in [1.165, 1.54) is 11.8 Å². The van der Waals surface area contributed by atoms with E-state index < -0.39 is 17.9 Å². The zero-order valence-electron chi connectivity index (χ0n) is 20.0. The molecule has 170 valence electrons. The number of hydrogen-bond donors (Lipinski definition) is 1. The Kier molecular flexibility index (Phi) is 10.7. The Morgan fingerprint density at radius 1 is 1.12 bits per heavy atom. The fraction of sp³-hybridized carbons (Fsp3) is 0.222. The maximum atomic E-state index is 13.2. The largest absolute Gasteiger partial charge is 1.00 e. The number of rotatable bonds is 9. The Morgan fingerprint density at radius 3 is 2.53 bits per heavy atom. The van der Waals surface area contributed by atoms with Crippen LogP contribution in [0.25, 0.3) is 22.8 Å². The van der Waals surface area contributed by atoms with Crippen molar-refractivity contribution in [1.29, 1.82) is 0 Å². The Hall–Kier alpha value is -2.78. The summed E-state index contributed by atoms with van der Waals surface area (Å²) < 4.78 is 0. The van der Waals surface area contributed by atoms with E-state index in [4.69, 9.17) is 0 Å². The fourth-order valence-electron chi connectivity index (χ4n) is 3.60. The molecule has 0 saturated carbocycles. The molecule has 1 amide bonds. The van der Waals surface area contributed by atoms with Crippen molar-refractivity contribution in [2.24, 2.45) is 0 Å². The molecule has 34 heavy (non-hydrogen) atoms. The molecule has 0 unspecified atom stereocenters. The molecule has 1 N–H and O–H groups in total. The predicted octanol–water partition coefficient (Wildman–Crippen LogP) is 1.22. The van der Waals surface area contributed by atoms with Crippen LogP contribution >= 0.6 is 11.8 Å². The number of hydrogen-bond acceptors (Lipinski definition) is 5. The van der Waals surface area contributed by atoms with Gasteiger partial charge >= 0.3 is 18.9 Å². The maximum absolute atomic E-state index is 13.2. The number of pyridine rings is 1. The number of nitrogens with zero attached hydrogens (tertiary/aromatic N) is 1. The molecule has 0 bridgehead atoms. The minimum absolute atomic E-state index is 0. The number of aromatic nitrogens is 1. The standard InChI is InChI=1S/C27H28N2O3S.Li/c1-18-7-4-5-9-22(18)24-16-20(15-19(2)21-8-6-13-28-17-21)10-11-23(24)26(30)29-25(27(31)32)12-14-33-3;/h4-11,13,15-17,25H,12,14H2,1-3H3,(H,29,30)(H,31,32);/q;+1/p-1/b19-15+;/t25-;/m0./s1. The van der Waals surface area contributed by atoms with Crippen LogP contribution in [-0.2, 0) is 4.79 Å². The Balaban J connectivity index is 0.00000408. The van der Waals surface area contributed by atoms with Crippen LogP contribution in [-0.4, -0.2) is 34.9 Å². The first-order chi connectivity index (χ1) is 15.9. The summed E-state index contributed by atoms with van der Waals surface area (Å²) in [4.78, 5) is 28.9. The van der Waals surface area contributed by atoms with Crippen LogP contribution < -0.4 is 29.3 Å². The van der Waals surface area contributed by atoms with Crippen molar-refractivity contribution in [2.45, 2.75) is 26.3 Å². The van der Waals surface area contributed by atoms with Gasteiger partial charge in [0.2, 0.25) is 0 Å². The second-order valence-corrected chi connectivity index (χ2v) is 8.80. The summed E-state index contributed by atoms with van der Waals surface area (Å²) in [5.74, 6) is -1.09. The Labute approximate surface area is 217 Å². The second kappa shape index (κ2) is 13.2. The third kappa shape index (κ3) is 7.11. The maximum Gasteiger partial charge on any atom is 1.00 e. The molecule has 0 aliphatic carbocycles. The third-order valence-electron chi connectivity index (χ3n) is 5.42. The van der Waals surface area contributed by atoms with Crippen molar-refractivity contribution in [3.05, 3.63) is 89.2 Å². The van der Waals surface area contributed by atoms with Gasteiger partial charge < -0.3 is 15.2 Å². The molecule has 0 saturated heterocycles. The van der Waals surface area contributed by atoms with Crippen LogP contribution in [0.1, 0.15) is 40.4 Å². The molecular formula is C27H27LiN2O3S. The second-order valence-electron chi connectivity index (χ2n) is 7.82. The number of amides is 1. The summed E-state index contributed by atoms with van der Waals surface area (Å²) in [5, 5.41) is 14.2. The van der Waals surface area contributed by atoms with Crippen LogP contribution in [0, 0.1) is 6.92 Å². The molecule has 1 heterocycles. The van der Waals surface area contributed by atoms with E-state index in [1.54, 1.807) is 12.3 Å². The molecule has 3 rings (SSSR count). The van der Waals surface area contributed by atoms with Gasteiger partial charge in [0.25, 0.3) is 5.91 Å². The van der Waals surface area contributed by atoms with Crippen molar-refractivity contribution >= 4 is 35.3 Å². The van der Waals surface area contributed by atoms with Gasteiger partial charge in [-0.15, -0.1) is 0 Å². The average molecular weight is 467 g/mol. The molecule has 0 aliphatic heterocycles. The van der Waals surface area contributed by atoms with Crippen molar-refractivity contribution in [3.63, 3.8) is 0 Å². The van der Waals surface area contributed by atoms with Gasteiger partial charge in [-0.2, -0.15) is 11.8 Å². The van der Waals surface area contributed by atoms with Gasteiger partial charge in [0.05, 0.1) is 12.0 Å². The van der Waals surface area contributed by atoms with Crippen LogP contribution in [0.3, 0.4) is 0 Å².